The van der Waals surface area contributed by atoms with E-state index in [2.05, 4.69) is 37.6 Å². The quantitative estimate of drug-likeness (QED) is 0.244. The van der Waals surface area contributed by atoms with Gasteiger partial charge in [-0.15, -0.1) is 0 Å². The summed E-state index contributed by atoms with van der Waals surface area (Å²) in [5.41, 5.74) is 14.3. The average Bonchev–Trinajstić information content (AvgIpc) is 2.94. The molecule has 1 fully saturated rings. The molecule has 4 rings (SSSR count). The van der Waals surface area contributed by atoms with Gasteiger partial charge in [-0.2, -0.15) is 0 Å². The van der Waals surface area contributed by atoms with Crippen molar-refractivity contribution in [3.05, 3.63) is 66.4 Å². The third kappa shape index (κ3) is 7.02. The molecule has 0 bridgehead atoms. The maximum Gasteiger partial charge on any atom is 0.252 e. The minimum Gasteiger partial charge on any atom is -0.368 e. The lowest BCUT2D eigenvalue weighted by molar-refractivity contribution is -0.131. The van der Waals surface area contributed by atoms with Crippen molar-refractivity contribution in [2.24, 2.45) is 11.5 Å². The number of carbonyl (C=O) groups excluding carboxylic acids is 2. The van der Waals surface area contributed by atoms with Crippen molar-refractivity contribution in [1.82, 2.24) is 20.2 Å². The molecule has 10 heteroatoms. The molecule has 2 aromatic carbocycles. The second kappa shape index (κ2) is 12.8. The fourth-order valence-corrected chi connectivity index (χ4v) is 4.23. The zero-order valence-electron chi connectivity index (χ0n) is 20.9. The number of rotatable bonds is 10. The number of carbonyl (C=O) groups is 2. The van der Waals surface area contributed by atoms with Crippen LogP contribution in [0.4, 0.5) is 17.2 Å². The summed E-state index contributed by atoms with van der Waals surface area (Å²) in [6.45, 7) is 3.84. The number of nitrogens with one attached hydrogen (secondary N) is 2. The monoisotopic (exact) mass is 502 g/mol. The predicted molar refractivity (Wildman–Crippen MR) is 145 cm³/mol. The van der Waals surface area contributed by atoms with Crippen LogP contribution in [0, 0.1) is 0 Å². The van der Waals surface area contributed by atoms with Gasteiger partial charge in [0.25, 0.3) is 5.91 Å². The highest BCUT2D eigenvalue weighted by atomic mass is 16.2. The molecule has 0 saturated carbocycles. The van der Waals surface area contributed by atoms with Gasteiger partial charge in [0.05, 0.1) is 6.67 Å². The first-order valence-electron chi connectivity index (χ1n) is 12.6. The van der Waals surface area contributed by atoms with Gasteiger partial charge in [-0.25, -0.2) is 9.97 Å². The first kappa shape index (κ1) is 26.1. The van der Waals surface area contributed by atoms with Gasteiger partial charge < -0.3 is 31.9 Å². The number of hydrogen-bond donors (Lipinski definition) is 4. The van der Waals surface area contributed by atoms with E-state index in [0.29, 0.717) is 30.2 Å². The van der Waals surface area contributed by atoms with Crippen LogP contribution in [0.2, 0.25) is 0 Å². The Morgan fingerprint density at radius 3 is 2.30 bits per heavy atom. The topological polar surface area (TPSA) is 142 Å². The normalized spacial score (nSPS) is 13.4. The van der Waals surface area contributed by atoms with Crippen LogP contribution in [0.15, 0.2) is 60.8 Å². The van der Waals surface area contributed by atoms with Crippen LogP contribution in [0.3, 0.4) is 0 Å². The van der Waals surface area contributed by atoms with E-state index in [-0.39, 0.29) is 18.5 Å². The standard InChI is InChI=1S/C27H34N8O2/c28-13-2-1-3-25(36)35-17-15-34(16-18-35)23-10-8-22(9-11-23)32-24-12-14-30-26(33-24)20-4-6-21(7-5-20)27(37)31-19-29/h4-12,14H,1-3,13,15-19,28-29H2,(H,31,37)(H,30,32,33). The Kier molecular flexibility index (Phi) is 9.01. The first-order chi connectivity index (χ1) is 18.1. The van der Waals surface area contributed by atoms with Crippen LogP contribution >= 0.6 is 0 Å². The molecule has 0 unspecified atom stereocenters. The Labute approximate surface area is 217 Å². The van der Waals surface area contributed by atoms with E-state index < -0.39 is 0 Å². The van der Waals surface area contributed by atoms with Crippen LogP contribution in [0.1, 0.15) is 29.6 Å². The molecule has 1 saturated heterocycles. The number of aromatic nitrogens is 2. The van der Waals surface area contributed by atoms with Crippen LogP contribution in [-0.4, -0.2) is 66.1 Å². The van der Waals surface area contributed by atoms with E-state index in [0.717, 1.165) is 56.0 Å². The largest absolute Gasteiger partial charge is 0.368 e. The molecule has 1 aliphatic rings. The van der Waals surface area contributed by atoms with Crippen molar-refractivity contribution in [2.75, 3.05) is 49.6 Å². The summed E-state index contributed by atoms with van der Waals surface area (Å²) in [6, 6.07) is 17.1. The third-order valence-corrected chi connectivity index (χ3v) is 6.31. The fraction of sp³-hybridized carbons (Fsp3) is 0.333. The number of nitrogens with zero attached hydrogens (tertiary/aromatic N) is 4. The van der Waals surface area contributed by atoms with E-state index in [1.807, 2.05) is 35.2 Å². The van der Waals surface area contributed by atoms with E-state index in [9.17, 15) is 9.59 Å². The van der Waals surface area contributed by atoms with Gasteiger partial charge in [-0.3, -0.25) is 9.59 Å². The number of nitrogens with two attached hydrogens (primary N) is 2. The van der Waals surface area contributed by atoms with Crippen molar-refractivity contribution < 1.29 is 9.59 Å². The Hall–Kier alpha value is -4.02. The second-order valence-corrected chi connectivity index (χ2v) is 8.84. The zero-order valence-corrected chi connectivity index (χ0v) is 20.9. The number of amides is 2. The summed E-state index contributed by atoms with van der Waals surface area (Å²) < 4.78 is 0. The maximum absolute atomic E-state index is 12.3. The number of hydrogen-bond acceptors (Lipinski definition) is 8. The summed E-state index contributed by atoms with van der Waals surface area (Å²) in [7, 11) is 0. The van der Waals surface area contributed by atoms with E-state index in [1.165, 1.54) is 0 Å². The summed E-state index contributed by atoms with van der Waals surface area (Å²) in [5.74, 6) is 1.24. The lowest BCUT2D eigenvalue weighted by atomic mass is 10.1. The number of benzene rings is 2. The van der Waals surface area contributed by atoms with E-state index >= 15 is 0 Å². The molecule has 2 amide bonds. The minimum atomic E-state index is -0.220. The Bertz CT molecular complexity index is 1180. The number of anilines is 3. The lowest BCUT2D eigenvalue weighted by Gasteiger charge is -2.36. The smallest absolute Gasteiger partial charge is 0.252 e. The molecule has 0 spiro atoms. The molecule has 6 N–H and O–H groups in total. The summed E-state index contributed by atoms with van der Waals surface area (Å²) in [4.78, 5) is 37.5. The van der Waals surface area contributed by atoms with Crippen LogP contribution in [0.5, 0.6) is 0 Å². The second-order valence-electron chi connectivity index (χ2n) is 8.84. The van der Waals surface area contributed by atoms with Gasteiger partial charge in [0.15, 0.2) is 5.82 Å². The van der Waals surface area contributed by atoms with Crippen LogP contribution in [-0.2, 0) is 4.79 Å². The Morgan fingerprint density at radius 1 is 0.892 bits per heavy atom. The molecular weight excluding hydrogens is 468 g/mol. The molecule has 3 aromatic rings. The first-order valence-corrected chi connectivity index (χ1v) is 12.6. The van der Waals surface area contributed by atoms with Gasteiger partial charge in [0.1, 0.15) is 5.82 Å². The molecule has 2 heterocycles. The van der Waals surface area contributed by atoms with Crippen molar-refractivity contribution in [3.8, 4) is 11.4 Å². The maximum atomic E-state index is 12.3. The Morgan fingerprint density at radius 2 is 1.62 bits per heavy atom. The van der Waals surface area contributed by atoms with Crippen LogP contribution in [0.25, 0.3) is 11.4 Å². The molecule has 1 aromatic heterocycles. The summed E-state index contributed by atoms with van der Waals surface area (Å²) >= 11 is 0. The minimum absolute atomic E-state index is 0.0893. The van der Waals surface area contributed by atoms with Gasteiger partial charge >= 0.3 is 0 Å². The zero-order chi connectivity index (χ0) is 26.0. The fourth-order valence-electron chi connectivity index (χ4n) is 4.23. The van der Waals surface area contributed by atoms with Crippen LogP contribution < -0.4 is 27.0 Å². The molecule has 10 nitrogen and oxygen atoms in total. The van der Waals surface area contributed by atoms with Gasteiger partial charge in [0, 0.05) is 61.3 Å². The summed E-state index contributed by atoms with van der Waals surface area (Å²) in [6.07, 6.45) is 4.04. The highest BCUT2D eigenvalue weighted by Crippen LogP contribution is 2.23. The number of unbranched alkanes of at least 4 members (excludes halogenated alkanes) is 1. The molecule has 37 heavy (non-hydrogen) atoms. The summed E-state index contributed by atoms with van der Waals surface area (Å²) in [5, 5.41) is 5.90. The molecule has 0 radical (unpaired) electrons. The van der Waals surface area contributed by atoms with Gasteiger partial charge in [-0.05, 0) is 61.9 Å². The molecular formula is C27H34N8O2. The van der Waals surface area contributed by atoms with Gasteiger partial charge in [-0.1, -0.05) is 12.1 Å². The lowest BCUT2D eigenvalue weighted by Crippen LogP contribution is -2.48. The third-order valence-electron chi connectivity index (χ3n) is 6.31. The van der Waals surface area contributed by atoms with Crippen molar-refractivity contribution >= 4 is 29.0 Å². The SMILES string of the molecule is NCCCCC(=O)N1CCN(c2ccc(Nc3ccnc(-c4ccc(C(=O)NCN)cc4)n3)cc2)CC1. The van der Waals surface area contributed by atoms with Crippen molar-refractivity contribution in [1.29, 1.82) is 0 Å². The molecule has 0 atom stereocenters. The van der Waals surface area contributed by atoms with Crippen molar-refractivity contribution in [3.63, 3.8) is 0 Å². The predicted octanol–water partition coefficient (Wildman–Crippen LogP) is 2.31. The molecule has 194 valence electrons. The van der Waals surface area contributed by atoms with E-state index in [1.54, 1.807) is 18.3 Å². The van der Waals surface area contributed by atoms with Crippen molar-refractivity contribution in [2.45, 2.75) is 19.3 Å². The highest BCUT2D eigenvalue weighted by molar-refractivity contribution is 5.94. The van der Waals surface area contributed by atoms with E-state index in [4.69, 9.17) is 11.5 Å². The Balaban J connectivity index is 1.33. The molecule has 0 aliphatic carbocycles. The number of piperazine rings is 1. The molecule has 1 aliphatic heterocycles. The van der Waals surface area contributed by atoms with Gasteiger partial charge in [0.2, 0.25) is 5.91 Å². The average molecular weight is 503 g/mol. The highest BCUT2D eigenvalue weighted by Gasteiger charge is 2.20.